The quantitative estimate of drug-likeness (QED) is 0.885. The maximum absolute atomic E-state index is 3.67. The number of nitrogens with one attached hydrogen (secondary N) is 1. The van der Waals surface area contributed by atoms with Gasteiger partial charge in [-0.1, -0.05) is 28.9 Å². The largest absolute Gasteiger partial charge is 0.372 e. The summed E-state index contributed by atoms with van der Waals surface area (Å²) in [6, 6.07) is 7.48. The first-order chi connectivity index (χ1) is 7.97. The first-order valence-electron chi connectivity index (χ1n) is 6.23. The normalized spacial score (nSPS) is 12.9. The average molecular weight is 299 g/mol. The van der Waals surface area contributed by atoms with E-state index in [1.807, 2.05) is 0 Å². The maximum atomic E-state index is 3.67. The fourth-order valence-corrected chi connectivity index (χ4v) is 2.51. The van der Waals surface area contributed by atoms with Crippen LogP contribution in [0.1, 0.15) is 39.3 Å². The molecule has 1 atom stereocenters. The van der Waals surface area contributed by atoms with E-state index in [1.54, 1.807) is 0 Å². The van der Waals surface area contributed by atoms with Crippen LogP contribution in [0.2, 0.25) is 0 Å². The molecule has 0 aliphatic heterocycles. The lowest BCUT2D eigenvalue weighted by Crippen LogP contribution is -2.25. The van der Waals surface area contributed by atoms with Gasteiger partial charge in [0, 0.05) is 29.3 Å². The molecule has 0 amide bonds. The molecular formula is C14H23BrN2. The first kappa shape index (κ1) is 14.5. The van der Waals surface area contributed by atoms with Gasteiger partial charge in [-0.2, -0.15) is 0 Å². The van der Waals surface area contributed by atoms with Gasteiger partial charge < -0.3 is 10.2 Å². The third-order valence-corrected chi connectivity index (χ3v) is 3.83. The molecule has 0 radical (unpaired) electrons. The molecule has 1 aromatic rings. The third kappa shape index (κ3) is 3.71. The van der Waals surface area contributed by atoms with Crippen molar-refractivity contribution in [3.63, 3.8) is 0 Å². The molecule has 2 nitrogen and oxygen atoms in total. The molecule has 1 aromatic carbocycles. The van der Waals surface area contributed by atoms with Crippen molar-refractivity contribution in [1.82, 2.24) is 5.32 Å². The number of halogens is 1. The molecule has 3 heteroatoms. The minimum absolute atomic E-state index is 0.382. The summed E-state index contributed by atoms with van der Waals surface area (Å²) < 4.78 is 1.18. The Bertz CT molecular complexity index is 363. The van der Waals surface area contributed by atoms with E-state index in [1.165, 1.54) is 15.7 Å². The van der Waals surface area contributed by atoms with Crippen LogP contribution < -0.4 is 10.2 Å². The molecule has 17 heavy (non-hydrogen) atoms. The van der Waals surface area contributed by atoms with E-state index < -0.39 is 0 Å². The van der Waals surface area contributed by atoms with Crippen LogP contribution in [0.3, 0.4) is 0 Å². The highest BCUT2D eigenvalue weighted by Gasteiger charge is 2.11. The van der Waals surface area contributed by atoms with Gasteiger partial charge >= 0.3 is 0 Å². The molecule has 0 spiro atoms. The van der Waals surface area contributed by atoms with E-state index in [0.29, 0.717) is 12.1 Å². The van der Waals surface area contributed by atoms with Crippen LogP contribution in [0.15, 0.2) is 22.7 Å². The van der Waals surface area contributed by atoms with Crippen molar-refractivity contribution in [3.8, 4) is 0 Å². The summed E-state index contributed by atoms with van der Waals surface area (Å²) in [6.45, 7) is 9.70. The van der Waals surface area contributed by atoms with Gasteiger partial charge in [-0.15, -0.1) is 0 Å². The minimum Gasteiger partial charge on any atom is -0.372 e. The lowest BCUT2D eigenvalue weighted by Gasteiger charge is -2.25. The van der Waals surface area contributed by atoms with Gasteiger partial charge in [0.25, 0.3) is 0 Å². The number of nitrogens with zero attached hydrogens (tertiary/aromatic N) is 1. The first-order valence-corrected chi connectivity index (χ1v) is 7.02. The summed E-state index contributed by atoms with van der Waals surface area (Å²) in [4.78, 5) is 2.27. The van der Waals surface area contributed by atoms with Crippen molar-refractivity contribution >= 4 is 21.6 Å². The predicted molar refractivity (Wildman–Crippen MR) is 79.8 cm³/mol. The number of hydrogen-bond donors (Lipinski definition) is 1. The topological polar surface area (TPSA) is 15.3 Å². The van der Waals surface area contributed by atoms with Gasteiger partial charge in [-0.25, -0.2) is 0 Å². The summed E-state index contributed by atoms with van der Waals surface area (Å²) in [5.41, 5.74) is 2.56. The van der Waals surface area contributed by atoms with Gasteiger partial charge in [-0.3, -0.25) is 0 Å². The standard InChI is InChI=1S/C14H23BrN2/c1-6-16-11(4)13-8-7-12(9-14(13)15)17(5)10(2)3/h7-11,16H,6H2,1-5H3. The van der Waals surface area contributed by atoms with E-state index in [2.05, 4.69) is 79.1 Å². The smallest absolute Gasteiger partial charge is 0.0377 e. The number of rotatable bonds is 5. The van der Waals surface area contributed by atoms with Crippen LogP contribution in [0.4, 0.5) is 5.69 Å². The molecule has 0 saturated carbocycles. The highest BCUT2D eigenvalue weighted by atomic mass is 79.9. The van der Waals surface area contributed by atoms with Crippen molar-refractivity contribution < 1.29 is 0 Å². The van der Waals surface area contributed by atoms with Crippen LogP contribution in [-0.2, 0) is 0 Å². The van der Waals surface area contributed by atoms with E-state index in [4.69, 9.17) is 0 Å². The molecule has 0 aromatic heterocycles. The van der Waals surface area contributed by atoms with Crippen LogP contribution in [0.25, 0.3) is 0 Å². The van der Waals surface area contributed by atoms with E-state index in [-0.39, 0.29) is 0 Å². The fraction of sp³-hybridized carbons (Fsp3) is 0.571. The molecule has 0 aliphatic rings. The molecule has 96 valence electrons. The van der Waals surface area contributed by atoms with Crippen molar-refractivity contribution in [2.75, 3.05) is 18.5 Å². The molecule has 0 heterocycles. The summed E-state index contributed by atoms with van der Waals surface area (Å²) in [5, 5.41) is 3.43. The molecular weight excluding hydrogens is 276 g/mol. The molecule has 0 bridgehead atoms. The average Bonchev–Trinajstić information content (AvgIpc) is 2.27. The number of hydrogen-bond acceptors (Lipinski definition) is 2. The zero-order chi connectivity index (χ0) is 13.0. The Morgan fingerprint density at radius 1 is 1.29 bits per heavy atom. The SMILES string of the molecule is CCNC(C)c1ccc(N(C)C(C)C)cc1Br. The van der Waals surface area contributed by atoms with Gasteiger partial charge in [0.05, 0.1) is 0 Å². The Balaban J connectivity index is 2.93. The van der Waals surface area contributed by atoms with E-state index in [0.717, 1.165) is 6.54 Å². The predicted octanol–water partition coefficient (Wildman–Crippen LogP) is 3.96. The summed E-state index contributed by atoms with van der Waals surface area (Å²) in [5.74, 6) is 0. The van der Waals surface area contributed by atoms with Gasteiger partial charge in [0.1, 0.15) is 0 Å². The molecule has 1 rings (SSSR count). The third-order valence-electron chi connectivity index (χ3n) is 3.14. The second-order valence-electron chi connectivity index (χ2n) is 4.69. The molecule has 0 saturated heterocycles. The highest BCUT2D eigenvalue weighted by molar-refractivity contribution is 9.10. The van der Waals surface area contributed by atoms with Gasteiger partial charge in [0.15, 0.2) is 0 Å². The van der Waals surface area contributed by atoms with Crippen LogP contribution in [0.5, 0.6) is 0 Å². The second-order valence-corrected chi connectivity index (χ2v) is 5.54. The Labute approximate surface area is 114 Å². The van der Waals surface area contributed by atoms with Crippen LogP contribution in [-0.4, -0.2) is 19.6 Å². The van der Waals surface area contributed by atoms with E-state index >= 15 is 0 Å². The maximum Gasteiger partial charge on any atom is 0.0377 e. The van der Waals surface area contributed by atoms with Crippen LogP contribution in [0, 0.1) is 0 Å². The monoisotopic (exact) mass is 298 g/mol. The summed E-state index contributed by atoms with van der Waals surface area (Å²) >= 11 is 3.67. The molecule has 1 unspecified atom stereocenters. The van der Waals surface area contributed by atoms with Gasteiger partial charge in [-0.05, 0) is 45.0 Å². The zero-order valence-electron chi connectivity index (χ0n) is 11.4. The number of anilines is 1. The second kappa shape index (κ2) is 6.41. The number of benzene rings is 1. The molecule has 0 aliphatic carbocycles. The Morgan fingerprint density at radius 2 is 1.94 bits per heavy atom. The minimum atomic E-state index is 0.382. The van der Waals surface area contributed by atoms with Crippen LogP contribution >= 0.6 is 15.9 Å². The summed E-state index contributed by atoms with van der Waals surface area (Å²) in [6.07, 6.45) is 0. The van der Waals surface area contributed by atoms with E-state index in [9.17, 15) is 0 Å². The zero-order valence-corrected chi connectivity index (χ0v) is 13.0. The lowest BCUT2D eigenvalue weighted by molar-refractivity contribution is 0.596. The molecule has 0 fully saturated rings. The fourth-order valence-electron chi connectivity index (χ4n) is 1.80. The lowest BCUT2D eigenvalue weighted by atomic mass is 10.1. The Kier molecular flexibility index (Phi) is 5.47. The van der Waals surface area contributed by atoms with Crippen molar-refractivity contribution in [3.05, 3.63) is 28.2 Å². The Morgan fingerprint density at radius 3 is 2.41 bits per heavy atom. The van der Waals surface area contributed by atoms with Crippen molar-refractivity contribution in [2.45, 2.75) is 39.8 Å². The summed E-state index contributed by atoms with van der Waals surface area (Å²) in [7, 11) is 2.12. The van der Waals surface area contributed by atoms with Crippen molar-refractivity contribution in [2.24, 2.45) is 0 Å². The highest BCUT2D eigenvalue weighted by Crippen LogP contribution is 2.28. The Hall–Kier alpha value is -0.540. The molecule has 1 N–H and O–H groups in total. The van der Waals surface area contributed by atoms with Gasteiger partial charge in [0.2, 0.25) is 0 Å². The van der Waals surface area contributed by atoms with Crippen molar-refractivity contribution in [1.29, 1.82) is 0 Å².